The minimum Gasteiger partial charge on any atom is -0.336 e. The summed E-state index contributed by atoms with van der Waals surface area (Å²) in [5.41, 5.74) is 0. The predicted octanol–water partition coefficient (Wildman–Crippen LogP) is 0.315. The molecular weight excluding hydrogens is 142 g/mol. The van der Waals surface area contributed by atoms with E-state index in [0.717, 1.165) is 19.5 Å². The van der Waals surface area contributed by atoms with Crippen molar-refractivity contribution in [2.24, 2.45) is 0 Å². The van der Waals surface area contributed by atoms with Gasteiger partial charge in [0.05, 0.1) is 6.07 Å². The summed E-state index contributed by atoms with van der Waals surface area (Å²) in [6.07, 6.45) is 1.31. The summed E-state index contributed by atoms with van der Waals surface area (Å²) in [5, 5.41) is 10.9. The SMILES string of the molecule is N#CCCCN1CCNC1=O. The molecule has 0 aromatic carbocycles. The van der Waals surface area contributed by atoms with Crippen molar-refractivity contribution in [3.8, 4) is 6.07 Å². The van der Waals surface area contributed by atoms with E-state index in [1.165, 1.54) is 0 Å². The standard InChI is InChI=1S/C7H11N3O/c8-3-1-2-5-10-6-4-9-7(10)11/h1-2,4-6H2,(H,9,11). The van der Waals surface area contributed by atoms with Gasteiger partial charge in [-0.25, -0.2) is 4.79 Å². The van der Waals surface area contributed by atoms with Gasteiger partial charge in [0.1, 0.15) is 0 Å². The van der Waals surface area contributed by atoms with E-state index in [1.807, 2.05) is 6.07 Å². The maximum Gasteiger partial charge on any atom is 0.317 e. The summed E-state index contributed by atoms with van der Waals surface area (Å²) < 4.78 is 0. The zero-order valence-corrected chi connectivity index (χ0v) is 6.34. The van der Waals surface area contributed by atoms with E-state index in [1.54, 1.807) is 4.90 Å². The first-order chi connectivity index (χ1) is 5.34. The van der Waals surface area contributed by atoms with Gasteiger partial charge in [0.25, 0.3) is 0 Å². The highest BCUT2D eigenvalue weighted by Crippen LogP contribution is 1.99. The lowest BCUT2D eigenvalue weighted by atomic mass is 10.3. The average Bonchev–Trinajstić information content (AvgIpc) is 2.37. The Bertz CT molecular complexity index is 185. The highest BCUT2D eigenvalue weighted by molar-refractivity contribution is 5.76. The highest BCUT2D eigenvalue weighted by atomic mass is 16.2. The van der Waals surface area contributed by atoms with Gasteiger partial charge in [-0.3, -0.25) is 0 Å². The second kappa shape index (κ2) is 3.81. The lowest BCUT2D eigenvalue weighted by Crippen LogP contribution is -2.28. The van der Waals surface area contributed by atoms with Gasteiger partial charge in [-0.2, -0.15) is 5.26 Å². The van der Waals surface area contributed by atoms with Crippen molar-refractivity contribution in [3.63, 3.8) is 0 Å². The van der Waals surface area contributed by atoms with Crippen LogP contribution in [0.25, 0.3) is 0 Å². The first-order valence-corrected chi connectivity index (χ1v) is 3.74. The Morgan fingerprint density at radius 3 is 3.09 bits per heavy atom. The van der Waals surface area contributed by atoms with Crippen LogP contribution in [0, 0.1) is 11.3 Å². The number of nitriles is 1. The van der Waals surface area contributed by atoms with E-state index in [2.05, 4.69) is 5.32 Å². The maximum atomic E-state index is 10.9. The molecule has 1 aliphatic heterocycles. The van der Waals surface area contributed by atoms with Gasteiger partial charge in [-0.1, -0.05) is 0 Å². The largest absolute Gasteiger partial charge is 0.336 e. The summed E-state index contributed by atoms with van der Waals surface area (Å²) in [6.45, 7) is 2.23. The Kier molecular flexibility index (Phi) is 2.73. The summed E-state index contributed by atoms with van der Waals surface area (Å²) in [4.78, 5) is 12.6. The van der Waals surface area contributed by atoms with E-state index in [0.29, 0.717) is 13.0 Å². The van der Waals surface area contributed by atoms with E-state index in [4.69, 9.17) is 5.26 Å². The molecule has 60 valence electrons. The van der Waals surface area contributed by atoms with Crippen molar-refractivity contribution in [2.75, 3.05) is 19.6 Å². The molecule has 1 N–H and O–H groups in total. The molecule has 0 spiro atoms. The molecule has 0 aromatic rings. The fourth-order valence-electron chi connectivity index (χ4n) is 1.07. The van der Waals surface area contributed by atoms with Crippen molar-refractivity contribution in [3.05, 3.63) is 0 Å². The van der Waals surface area contributed by atoms with E-state index in [9.17, 15) is 4.79 Å². The van der Waals surface area contributed by atoms with Gasteiger partial charge in [0, 0.05) is 26.1 Å². The number of amides is 2. The van der Waals surface area contributed by atoms with Crippen LogP contribution in [0.1, 0.15) is 12.8 Å². The summed E-state index contributed by atoms with van der Waals surface area (Å²) >= 11 is 0. The monoisotopic (exact) mass is 153 g/mol. The minimum atomic E-state index is 0.00272. The predicted molar refractivity (Wildman–Crippen MR) is 39.8 cm³/mol. The Morgan fingerprint density at radius 1 is 1.73 bits per heavy atom. The Hall–Kier alpha value is -1.24. The van der Waals surface area contributed by atoms with Crippen molar-refractivity contribution in [1.29, 1.82) is 5.26 Å². The number of nitrogens with one attached hydrogen (secondary N) is 1. The number of urea groups is 1. The molecule has 0 aromatic heterocycles. The van der Waals surface area contributed by atoms with Crippen molar-refractivity contribution >= 4 is 6.03 Å². The van der Waals surface area contributed by atoms with Crippen LogP contribution in [-0.2, 0) is 0 Å². The van der Waals surface area contributed by atoms with Gasteiger partial charge >= 0.3 is 6.03 Å². The molecule has 1 fully saturated rings. The first kappa shape index (κ1) is 7.86. The second-order valence-corrected chi connectivity index (χ2v) is 2.48. The van der Waals surface area contributed by atoms with Gasteiger partial charge < -0.3 is 10.2 Å². The number of hydrogen-bond acceptors (Lipinski definition) is 2. The molecule has 4 heteroatoms. The van der Waals surface area contributed by atoms with Crippen LogP contribution in [0.4, 0.5) is 4.79 Å². The smallest absolute Gasteiger partial charge is 0.317 e. The minimum absolute atomic E-state index is 0.00272. The van der Waals surface area contributed by atoms with E-state index in [-0.39, 0.29) is 6.03 Å². The fraction of sp³-hybridized carbons (Fsp3) is 0.714. The third kappa shape index (κ3) is 2.11. The number of hydrogen-bond donors (Lipinski definition) is 1. The quantitative estimate of drug-likeness (QED) is 0.593. The van der Waals surface area contributed by atoms with Crippen molar-refractivity contribution in [2.45, 2.75) is 12.8 Å². The maximum absolute atomic E-state index is 10.9. The molecule has 0 saturated carbocycles. The molecule has 1 saturated heterocycles. The van der Waals surface area contributed by atoms with Gasteiger partial charge in [-0.15, -0.1) is 0 Å². The summed E-state index contributed by atoms with van der Waals surface area (Å²) in [6, 6.07) is 2.05. The van der Waals surface area contributed by atoms with E-state index >= 15 is 0 Å². The molecule has 1 rings (SSSR count). The molecular formula is C7H11N3O. The fourth-order valence-corrected chi connectivity index (χ4v) is 1.07. The molecule has 0 atom stereocenters. The van der Waals surface area contributed by atoms with Gasteiger partial charge in [-0.05, 0) is 6.42 Å². The Balaban J connectivity index is 2.16. The van der Waals surface area contributed by atoms with Crippen LogP contribution < -0.4 is 5.32 Å². The third-order valence-electron chi connectivity index (χ3n) is 1.66. The van der Waals surface area contributed by atoms with Crippen molar-refractivity contribution < 1.29 is 4.79 Å². The van der Waals surface area contributed by atoms with Crippen LogP contribution in [0.5, 0.6) is 0 Å². The molecule has 0 aliphatic carbocycles. The number of nitrogens with zero attached hydrogens (tertiary/aromatic N) is 2. The summed E-state index contributed by atoms with van der Waals surface area (Å²) in [5.74, 6) is 0. The molecule has 0 unspecified atom stereocenters. The molecule has 11 heavy (non-hydrogen) atoms. The highest BCUT2D eigenvalue weighted by Gasteiger charge is 2.17. The van der Waals surface area contributed by atoms with Crippen LogP contribution in [0.15, 0.2) is 0 Å². The lowest BCUT2D eigenvalue weighted by Gasteiger charge is -2.11. The van der Waals surface area contributed by atoms with Gasteiger partial charge in [0.2, 0.25) is 0 Å². The lowest BCUT2D eigenvalue weighted by molar-refractivity contribution is 0.217. The normalized spacial score (nSPS) is 16.3. The Labute approximate surface area is 65.8 Å². The number of unbranched alkanes of at least 4 members (excludes halogenated alkanes) is 1. The van der Waals surface area contributed by atoms with E-state index < -0.39 is 0 Å². The van der Waals surface area contributed by atoms with Crippen LogP contribution >= 0.6 is 0 Å². The molecule has 0 radical (unpaired) electrons. The topological polar surface area (TPSA) is 56.1 Å². The summed E-state index contributed by atoms with van der Waals surface area (Å²) in [7, 11) is 0. The second-order valence-electron chi connectivity index (χ2n) is 2.48. The average molecular weight is 153 g/mol. The number of carbonyl (C=O) groups excluding carboxylic acids is 1. The molecule has 2 amide bonds. The van der Waals surface area contributed by atoms with Crippen LogP contribution in [0.3, 0.4) is 0 Å². The first-order valence-electron chi connectivity index (χ1n) is 3.74. The number of rotatable bonds is 3. The zero-order chi connectivity index (χ0) is 8.10. The van der Waals surface area contributed by atoms with Crippen LogP contribution in [-0.4, -0.2) is 30.6 Å². The molecule has 1 heterocycles. The molecule has 4 nitrogen and oxygen atoms in total. The molecule has 0 bridgehead atoms. The number of carbonyl (C=O) groups is 1. The van der Waals surface area contributed by atoms with Crippen LogP contribution in [0.2, 0.25) is 0 Å². The van der Waals surface area contributed by atoms with Crippen molar-refractivity contribution in [1.82, 2.24) is 10.2 Å². The third-order valence-corrected chi connectivity index (χ3v) is 1.66. The molecule has 1 aliphatic rings. The Morgan fingerprint density at radius 2 is 2.55 bits per heavy atom. The zero-order valence-electron chi connectivity index (χ0n) is 6.34. The van der Waals surface area contributed by atoms with Gasteiger partial charge in [0.15, 0.2) is 0 Å².